The summed E-state index contributed by atoms with van der Waals surface area (Å²) in [5, 5.41) is 0. The summed E-state index contributed by atoms with van der Waals surface area (Å²) in [6, 6.07) is -0.416. The molecule has 1 unspecified atom stereocenters. The first-order chi connectivity index (χ1) is 7.25. The van der Waals surface area contributed by atoms with Crippen molar-refractivity contribution in [3.63, 3.8) is 0 Å². The predicted octanol–water partition coefficient (Wildman–Crippen LogP) is 1.08. The molecule has 4 nitrogen and oxygen atoms in total. The third-order valence-electron chi connectivity index (χ3n) is 2.52. The second kappa shape index (κ2) is 6.80. The average Bonchev–Trinajstić information content (AvgIpc) is 3.05. The third-order valence-corrected chi connectivity index (χ3v) is 2.52. The highest BCUT2D eigenvalue weighted by atomic mass is 16.6. The highest BCUT2D eigenvalue weighted by molar-refractivity contribution is 5.76. The van der Waals surface area contributed by atoms with Crippen LogP contribution in [-0.4, -0.2) is 31.8 Å². The van der Waals surface area contributed by atoms with E-state index in [-0.39, 0.29) is 5.97 Å². The van der Waals surface area contributed by atoms with Crippen LogP contribution in [0.2, 0.25) is 0 Å². The van der Waals surface area contributed by atoms with E-state index in [0.717, 1.165) is 32.3 Å². The minimum Gasteiger partial charge on any atom is -0.462 e. The van der Waals surface area contributed by atoms with Crippen LogP contribution in [0, 0.1) is 5.92 Å². The normalized spacial score (nSPS) is 17.5. The van der Waals surface area contributed by atoms with Crippen LogP contribution in [0.15, 0.2) is 0 Å². The van der Waals surface area contributed by atoms with Crippen molar-refractivity contribution < 1.29 is 14.3 Å². The topological polar surface area (TPSA) is 61.5 Å². The van der Waals surface area contributed by atoms with Gasteiger partial charge in [-0.15, -0.1) is 0 Å². The maximum atomic E-state index is 11.3. The molecule has 0 aromatic heterocycles. The molecule has 0 aromatic rings. The van der Waals surface area contributed by atoms with Gasteiger partial charge in [-0.05, 0) is 25.2 Å². The number of hydrogen-bond acceptors (Lipinski definition) is 4. The lowest BCUT2D eigenvalue weighted by Crippen LogP contribution is -2.34. The first-order valence-electron chi connectivity index (χ1n) is 5.75. The van der Waals surface area contributed by atoms with E-state index in [2.05, 4.69) is 6.92 Å². The van der Waals surface area contributed by atoms with Crippen molar-refractivity contribution in [3.05, 3.63) is 0 Å². The number of ether oxygens (including phenoxy) is 2. The standard InChI is InChI=1S/C11H21NO3/c1-2-3-6-14-7-8-15-11(13)10(12)9-4-5-9/h9-10H,2-8,12H2,1H3. The van der Waals surface area contributed by atoms with Gasteiger partial charge in [0.15, 0.2) is 0 Å². The molecule has 1 aliphatic carbocycles. The fourth-order valence-electron chi connectivity index (χ4n) is 1.29. The Labute approximate surface area is 91.1 Å². The van der Waals surface area contributed by atoms with Crippen LogP contribution < -0.4 is 5.73 Å². The van der Waals surface area contributed by atoms with Crippen LogP contribution in [0.1, 0.15) is 32.6 Å². The Balaban J connectivity index is 1.92. The monoisotopic (exact) mass is 215 g/mol. The summed E-state index contributed by atoms with van der Waals surface area (Å²) in [4.78, 5) is 11.3. The van der Waals surface area contributed by atoms with Crippen LogP contribution in [0.25, 0.3) is 0 Å². The molecule has 0 amide bonds. The number of carbonyl (C=O) groups excluding carboxylic acids is 1. The SMILES string of the molecule is CCCCOCCOC(=O)C(N)C1CC1. The Morgan fingerprint density at radius 1 is 1.40 bits per heavy atom. The lowest BCUT2D eigenvalue weighted by molar-refractivity contribution is -0.147. The van der Waals surface area contributed by atoms with Gasteiger partial charge < -0.3 is 15.2 Å². The van der Waals surface area contributed by atoms with Crippen molar-refractivity contribution in [2.75, 3.05) is 19.8 Å². The minimum absolute atomic E-state index is 0.281. The summed E-state index contributed by atoms with van der Waals surface area (Å²) in [5.74, 6) is 0.0788. The van der Waals surface area contributed by atoms with Crippen LogP contribution in [0.5, 0.6) is 0 Å². The van der Waals surface area contributed by atoms with Gasteiger partial charge in [-0.3, -0.25) is 4.79 Å². The van der Waals surface area contributed by atoms with Crippen LogP contribution >= 0.6 is 0 Å². The minimum atomic E-state index is -0.416. The number of esters is 1. The summed E-state index contributed by atoms with van der Waals surface area (Å²) in [7, 11) is 0. The highest BCUT2D eigenvalue weighted by Gasteiger charge is 2.34. The molecule has 4 heteroatoms. The van der Waals surface area contributed by atoms with Gasteiger partial charge in [0.25, 0.3) is 0 Å². The fourth-order valence-corrected chi connectivity index (χ4v) is 1.29. The molecule has 0 aliphatic heterocycles. The van der Waals surface area contributed by atoms with E-state index in [1.165, 1.54) is 0 Å². The lowest BCUT2D eigenvalue weighted by atomic mass is 10.2. The van der Waals surface area contributed by atoms with Gasteiger partial charge >= 0.3 is 5.97 Å². The Bertz CT molecular complexity index is 192. The molecule has 1 fully saturated rings. The molecule has 1 saturated carbocycles. The summed E-state index contributed by atoms with van der Waals surface area (Å²) in [6.45, 7) is 3.65. The number of unbranched alkanes of at least 4 members (excludes halogenated alkanes) is 1. The summed E-state index contributed by atoms with van der Waals surface area (Å²) < 4.78 is 10.3. The van der Waals surface area contributed by atoms with Gasteiger partial charge in [0.2, 0.25) is 0 Å². The molecule has 0 spiro atoms. The Morgan fingerprint density at radius 3 is 2.73 bits per heavy atom. The Hall–Kier alpha value is -0.610. The fraction of sp³-hybridized carbons (Fsp3) is 0.909. The van der Waals surface area contributed by atoms with Gasteiger partial charge in [0.05, 0.1) is 6.61 Å². The quantitative estimate of drug-likeness (QED) is 0.486. The zero-order valence-corrected chi connectivity index (χ0v) is 9.41. The van der Waals surface area contributed by atoms with Crippen molar-refractivity contribution in [1.82, 2.24) is 0 Å². The summed E-state index contributed by atoms with van der Waals surface area (Å²) in [6.07, 6.45) is 4.29. The molecule has 15 heavy (non-hydrogen) atoms. The number of carbonyl (C=O) groups is 1. The van der Waals surface area contributed by atoms with Gasteiger partial charge in [0, 0.05) is 6.61 Å². The van der Waals surface area contributed by atoms with Gasteiger partial charge in [-0.2, -0.15) is 0 Å². The molecule has 2 N–H and O–H groups in total. The molecule has 1 atom stereocenters. The number of nitrogens with two attached hydrogens (primary N) is 1. The molecule has 88 valence electrons. The van der Waals surface area contributed by atoms with Crippen LogP contribution in [0.4, 0.5) is 0 Å². The maximum absolute atomic E-state index is 11.3. The van der Waals surface area contributed by atoms with Crippen molar-refractivity contribution in [1.29, 1.82) is 0 Å². The van der Waals surface area contributed by atoms with E-state index in [4.69, 9.17) is 15.2 Å². The van der Waals surface area contributed by atoms with E-state index >= 15 is 0 Å². The third kappa shape index (κ3) is 5.14. The van der Waals surface area contributed by atoms with E-state index in [0.29, 0.717) is 19.1 Å². The molecule has 0 aromatic carbocycles. The first-order valence-corrected chi connectivity index (χ1v) is 5.75. The largest absolute Gasteiger partial charge is 0.462 e. The molecule has 0 bridgehead atoms. The van der Waals surface area contributed by atoms with Crippen molar-refractivity contribution in [2.45, 2.75) is 38.6 Å². The van der Waals surface area contributed by atoms with Gasteiger partial charge in [-0.1, -0.05) is 13.3 Å². The van der Waals surface area contributed by atoms with Crippen molar-refractivity contribution in [3.8, 4) is 0 Å². The second-order valence-electron chi connectivity index (χ2n) is 4.00. The van der Waals surface area contributed by atoms with Crippen molar-refractivity contribution in [2.24, 2.45) is 11.7 Å². The molecular formula is C11H21NO3. The van der Waals surface area contributed by atoms with E-state index in [1.807, 2.05) is 0 Å². The molecule has 0 saturated heterocycles. The van der Waals surface area contributed by atoms with E-state index in [1.54, 1.807) is 0 Å². The van der Waals surface area contributed by atoms with E-state index in [9.17, 15) is 4.79 Å². The average molecular weight is 215 g/mol. The zero-order valence-electron chi connectivity index (χ0n) is 9.41. The second-order valence-corrected chi connectivity index (χ2v) is 4.00. The molecule has 1 aliphatic rings. The molecule has 1 rings (SSSR count). The van der Waals surface area contributed by atoms with Crippen LogP contribution in [0.3, 0.4) is 0 Å². The molecule has 0 radical (unpaired) electrons. The highest BCUT2D eigenvalue weighted by Crippen LogP contribution is 2.31. The van der Waals surface area contributed by atoms with Gasteiger partial charge in [0.1, 0.15) is 12.6 Å². The first kappa shape index (κ1) is 12.5. The predicted molar refractivity (Wildman–Crippen MR) is 57.4 cm³/mol. The van der Waals surface area contributed by atoms with Crippen molar-refractivity contribution >= 4 is 5.97 Å². The molecule has 0 heterocycles. The maximum Gasteiger partial charge on any atom is 0.323 e. The molecular weight excluding hydrogens is 194 g/mol. The van der Waals surface area contributed by atoms with Gasteiger partial charge in [-0.25, -0.2) is 0 Å². The smallest absolute Gasteiger partial charge is 0.323 e. The number of hydrogen-bond donors (Lipinski definition) is 1. The summed E-state index contributed by atoms with van der Waals surface area (Å²) in [5.41, 5.74) is 5.67. The lowest BCUT2D eigenvalue weighted by Gasteiger charge is -2.10. The van der Waals surface area contributed by atoms with Crippen LogP contribution in [-0.2, 0) is 14.3 Å². The Morgan fingerprint density at radius 2 is 2.13 bits per heavy atom. The Kier molecular flexibility index (Phi) is 5.65. The number of rotatable bonds is 8. The summed E-state index contributed by atoms with van der Waals surface area (Å²) >= 11 is 0. The zero-order chi connectivity index (χ0) is 11.1. The van der Waals surface area contributed by atoms with E-state index < -0.39 is 6.04 Å².